The number of ether oxygens (including phenoxy) is 1. The zero-order chi connectivity index (χ0) is 21.9. The van der Waals surface area contributed by atoms with Crippen LogP contribution < -0.4 is 4.74 Å². The summed E-state index contributed by atoms with van der Waals surface area (Å²) in [6, 6.07) is 40.3. The van der Waals surface area contributed by atoms with Crippen molar-refractivity contribution < 1.29 is 4.74 Å². The lowest BCUT2D eigenvalue weighted by molar-refractivity contribution is 0.414. The topological polar surface area (TPSA) is 14.2 Å². The van der Waals surface area contributed by atoms with Gasteiger partial charge in [0.15, 0.2) is 0 Å². The van der Waals surface area contributed by atoms with E-state index in [0.29, 0.717) is 0 Å². The fourth-order valence-electron chi connectivity index (χ4n) is 4.46. The summed E-state index contributed by atoms with van der Waals surface area (Å²) in [6.07, 6.45) is 0. The van der Waals surface area contributed by atoms with Crippen LogP contribution in [0.2, 0.25) is 0 Å². The van der Waals surface area contributed by atoms with Gasteiger partial charge in [0.25, 0.3) is 0 Å². The minimum Gasteiger partial charge on any atom is -0.497 e. The van der Waals surface area contributed by atoms with E-state index in [1.54, 1.807) is 7.11 Å². The van der Waals surface area contributed by atoms with Crippen molar-refractivity contribution in [1.82, 2.24) is 4.57 Å². The van der Waals surface area contributed by atoms with Crippen LogP contribution in [0, 0.1) is 6.92 Å². The molecule has 0 bridgehead atoms. The molecule has 0 unspecified atom stereocenters. The van der Waals surface area contributed by atoms with E-state index in [4.69, 9.17) is 4.74 Å². The first-order valence-electron chi connectivity index (χ1n) is 10.8. The monoisotopic (exact) mass is 415 g/mol. The predicted octanol–water partition coefficient (Wildman–Crippen LogP) is 7.80. The van der Waals surface area contributed by atoms with Crippen molar-refractivity contribution in [3.8, 4) is 44.9 Å². The molecular weight excluding hydrogens is 390 g/mol. The molecule has 156 valence electrons. The average Bonchev–Trinajstić information content (AvgIpc) is 3.18. The third-order valence-corrected chi connectivity index (χ3v) is 5.91. The van der Waals surface area contributed by atoms with Crippen LogP contribution in [-0.2, 0) is 0 Å². The van der Waals surface area contributed by atoms with Gasteiger partial charge in [0.2, 0.25) is 0 Å². The summed E-state index contributed by atoms with van der Waals surface area (Å²) in [5, 5.41) is 0. The van der Waals surface area contributed by atoms with Crippen molar-refractivity contribution in [3.05, 3.63) is 121 Å². The van der Waals surface area contributed by atoms with E-state index in [9.17, 15) is 0 Å². The maximum atomic E-state index is 5.41. The predicted molar refractivity (Wildman–Crippen MR) is 133 cm³/mol. The highest BCUT2D eigenvalue weighted by atomic mass is 16.5. The third-order valence-electron chi connectivity index (χ3n) is 5.91. The number of nitrogens with zero attached hydrogens (tertiary/aromatic N) is 1. The van der Waals surface area contributed by atoms with Crippen molar-refractivity contribution in [2.45, 2.75) is 6.92 Å². The minimum absolute atomic E-state index is 0.853. The molecule has 5 aromatic rings. The Labute approximate surface area is 189 Å². The van der Waals surface area contributed by atoms with Crippen molar-refractivity contribution in [3.63, 3.8) is 0 Å². The van der Waals surface area contributed by atoms with Gasteiger partial charge in [0.05, 0.1) is 12.8 Å². The molecule has 2 heteroatoms. The van der Waals surface area contributed by atoms with Crippen molar-refractivity contribution in [2.24, 2.45) is 0 Å². The van der Waals surface area contributed by atoms with E-state index >= 15 is 0 Å². The summed E-state index contributed by atoms with van der Waals surface area (Å²) in [5.74, 6) is 0.853. The SMILES string of the molecule is COc1ccc(-n2c(C)c(-c3ccccc3)c(-c3ccccc3)c2-c2ccccc2)cc1. The van der Waals surface area contributed by atoms with Crippen molar-refractivity contribution >= 4 is 0 Å². The lowest BCUT2D eigenvalue weighted by atomic mass is 9.93. The Kier molecular flexibility index (Phi) is 5.35. The summed E-state index contributed by atoms with van der Waals surface area (Å²) in [5.41, 5.74) is 9.63. The summed E-state index contributed by atoms with van der Waals surface area (Å²) in [6.45, 7) is 2.21. The van der Waals surface area contributed by atoms with Crippen LogP contribution >= 0.6 is 0 Å². The van der Waals surface area contributed by atoms with Crippen molar-refractivity contribution in [2.75, 3.05) is 7.11 Å². The molecule has 0 aliphatic carbocycles. The maximum Gasteiger partial charge on any atom is 0.119 e. The van der Waals surface area contributed by atoms with Crippen LogP contribution in [0.4, 0.5) is 0 Å². The second-order valence-electron chi connectivity index (χ2n) is 7.82. The van der Waals surface area contributed by atoms with Gasteiger partial charge in [-0.05, 0) is 47.9 Å². The molecule has 5 rings (SSSR count). The van der Waals surface area contributed by atoms with Gasteiger partial charge in [0, 0.05) is 22.5 Å². The van der Waals surface area contributed by atoms with Crippen LogP contribution in [0.25, 0.3) is 39.2 Å². The standard InChI is InChI=1S/C30H25NO/c1-22-28(23-12-6-3-7-13-23)29(24-14-8-4-9-15-24)30(25-16-10-5-11-17-25)31(22)26-18-20-27(32-2)21-19-26/h3-21H,1-2H3. The van der Waals surface area contributed by atoms with Gasteiger partial charge in [-0.15, -0.1) is 0 Å². The molecule has 2 nitrogen and oxygen atoms in total. The van der Waals surface area contributed by atoms with Gasteiger partial charge >= 0.3 is 0 Å². The number of hydrogen-bond donors (Lipinski definition) is 0. The molecule has 4 aromatic carbocycles. The normalized spacial score (nSPS) is 10.8. The van der Waals surface area contributed by atoms with E-state index in [1.165, 1.54) is 39.2 Å². The zero-order valence-electron chi connectivity index (χ0n) is 18.3. The van der Waals surface area contributed by atoms with E-state index in [0.717, 1.165) is 11.4 Å². The first kappa shape index (κ1) is 19.9. The van der Waals surface area contributed by atoms with Gasteiger partial charge < -0.3 is 9.30 Å². The highest BCUT2D eigenvalue weighted by molar-refractivity contribution is 5.96. The molecule has 0 spiro atoms. The zero-order valence-corrected chi connectivity index (χ0v) is 18.3. The Morgan fingerprint density at radius 1 is 0.531 bits per heavy atom. The average molecular weight is 416 g/mol. The van der Waals surface area contributed by atoms with Gasteiger partial charge in [-0.3, -0.25) is 0 Å². The van der Waals surface area contributed by atoms with Gasteiger partial charge in [-0.2, -0.15) is 0 Å². The Bertz CT molecular complexity index is 1320. The summed E-state index contributed by atoms with van der Waals surface area (Å²) < 4.78 is 7.78. The number of benzene rings is 4. The smallest absolute Gasteiger partial charge is 0.119 e. The maximum absolute atomic E-state index is 5.41. The molecule has 1 aromatic heterocycles. The number of rotatable bonds is 5. The molecule has 0 radical (unpaired) electrons. The highest BCUT2D eigenvalue weighted by Crippen LogP contribution is 2.45. The van der Waals surface area contributed by atoms with Crippen LogP contribution in [0.15, 0.2) is 115 Å². The fraction of sp³-hybridized carbons (Fsp3) is 0.0667. The van der Waals surface area contributed by atoms with Crippen LogP contribution in [0.3, 0.4) is 0 Å². The summed E-state index contributed by atoms with van der Waals surface area (Å²) in [4.78, 5) is 0. The molecule has 32 heavy (non-hydrogen) atoms. The Morgan fingerprint density at radius 2 is 1.00 bits per heavy atom. The van der Waals surface area contributed by atoms with Gasteiger partial charge in [-0.1, -0.05) is 91.0 Å². The first-order chi connectivity index (χ1) is 15.8. The lowest BCUT2D eigenvalue weighted by Crippen LogP contribution is -2.00. The molecule has 0 amide bonds. The molecule has 0 fully saturated rings. The number of hydrogen-bond acceptors (Lipinski definition) is 1. The van der Waals surface area contributed by atoms with Crippen molar-refractivity contribution in [1.29, 1.82) is 0 Å². The molecule has 0 N–H and O–H groups in total. The number of aromatic nitrogens is 1. The second-order valence-corrected chi connectivity index (χ2v) is 7.82. The molecule has 0 saturated heterocycles. The van der Waals surface area contributed by atoms with E-state index < -0.39 is 0 Å². The molecule has 0 atom stereocenters. The molecular formula is C30H25NO. The summed E-state index contributed by atoms with van der Waals surface area (Å²) in [7, 11) is 1.70. The largest absolute Gasteiger partial charge is 0.497 e. The summed E-state index contributed by atoms with van der Waals surface area (Å²) >= 11 is 0. The van der Waals surface area contributed by atoms with Gasteiger partial charge in [-0.25, -0.2) is 0 Å². The molecule has 0 saturated carbocycles. The first-order valence-corrected chi connectivity index (χ1v) is 10.8. The molecule has 0 aliphatic heterocycles. The minimum atomic E-state index is 0.853. The van der Waals surface area contributed by atoms with Crippen LogP contribution in [-0.4, -0.2) is 11.7 Å². The van der Waals surface area contributed by atoms with Gasteiger partial charge in [0.1, 0.15) is 5.75 Å². The fourth-order valence-corrected chi connectivity index (χ4v) is 4.46. The lowest BCUT2D eigenvalue weighted by Gasteiger charge is -2.14. The van der Waals surface area contributed by atoms with E-state index in [2.05, 4.69) is 115 Å². The molecule has 1 heterocycles. The second kappa shape index (κ2) is 8.60. The van der Waals surface area contributed by atoms with Crippen LogP contribution in [0.1, 0.15) is 5.69 Å². The number of methoxy groups -OCH3 is 1. The van der Waals surface area contributed by atoms with E-state index in [1.807, 2.05) is 12.1 Å². The Balaban J connectivity index is 1.91. The quantitative estimate of drug-likeness (QED) is 0.286. The van der Waals surface area contributed by atoms with Crippen LogP contribution in [0.5, 0.6) is 5.75 Å². The molecule has 0 aliphatic rings. The Hall–Kier alpha value is -4.04. The third kappa shape index (κ3) is 3.50. The highest BCUT2D eigenvalue weighted by Gasteiger charge is 2.24. The Morgan fingerprint density at radius 3 is 1.50 bits per heavy atom. The van der Waals surface area contributed by atoms with E-state index in [-0.39, 0.29) is 0 Å².